The van der Waals surface area contributed by atoms with Crippen molar-refractivity contribution in [1.29, 1.82) is 0 Å². The molecule has 3 saturated heterocycles. The summed E-state index contributed by atoms with van der Waals surface area (Å²) in [7, 11) is 1.20. The van der Waals surface area contributed by atoms with Crippen LogP contribution in [0.1, 0.15) is 13.8 Å². The molecule has 26 heavy (non-hydrogen) atoms. The first-order valence-corrected chi connectivity index (χ1v) is 10.7. The smallest absolute Gasteiger partial charge is 0.345 e. The Hall–Kier alpha value is -1.33. The van der Waals surface area contributed by atoms with Crippen LogP contribution in [0.25, 0.3) is 0 Å². The average Bonchev–Trinajstić information content (AvgIpc) is 3.17. The molecule has 142 valence electrons. The predicted octanol–water partition coefficient (Wildman–Crippen LogP) is 0.483. The third-order valence-corrected chi connectivity index (χ3v) is 8.62. The predicted molar refractivity (Wildman–Crippen MR) is 99.6 cm³/mol. The summed E-state index contributed by atoms with van der Waals surface area (Å²) in [5, 5.41) is 11.6. The van der Waals surface area contributed by atoms with Gasteiger partial charge in [0.05, 0.1) is 11.3 Å². The Labute approximate surface area is 162 Å². The topological polar surface area (TPSA) is 113 Å². The van der Waals surface area contributed by atoms with E-state index in [1.807, 2.05) is 0 Å². The molecule has 3 rings (SSSR count). The number of amides is 2. The van der Waals surface area contributed by atoms with Crippen LogP contribution in [0.4, 0.5) is 0 Å². The molecule has 2 unspecified atom stereocenters. The molecule has 11 heteroatoms. The van der Waals surface area contributed by atoms with Crippen molar-refractivity contribution in [2.24, 2.45) is 0 Å². The summed E-state index contributed by atoms with van der Waals surface area (Å²) < 4.78 is 4.62. The number of nitrogens with one attached hydrogen (secondary N) is 1. The Kier molecular flexibility index (Phi) is 5.24. The molecular weight excluding hydrogens is 400 g/mol. The molecule has 3 heterocycles. The Morgan fingerprint density at radius 2 is 1.88 bits per heavy atom. The van der Waals surface area contributed by atoms with Gasteiger partial charge in [-0.1, -0.05) is 0 Å². The van der Waals surface area contributed by atoms with Crippen molar-refractivity contribution in [3.63, 3.8) is 0 Å². The number of ether oxygens (including phenoxy) is 1. The maximum Gasteiger partial charge on any atom is 0.345 e. The van der Waals surface area contributed by atoms with Crippen LogP contribution >= 0.6 is 35.3 Å². The second-order valence-corrected chi connectivity index (χ2v) is 10.6. The zero-order valence-corrected chi connectivity index (χ0v) is 16.8. The summed E-state index contributed by atoms with van der Waals surface area (Å²) in [6.07, 6.45) is 0. The number of nitrogens with zero attached hydrogens (tertiary/aromatic N) is 1. The molecule has 3 aliphatic rings. The molecule has 0 aliphatic carbocycles. The SMILES string of the molecule is COC(=O)C(C(=O)N[C@@H]1C(=O)N2C1SC(C)(C)C2C(=O)O)=C1SCCS1. The molecule has 2 N–H and O–H groups in total. The van der Waals surface area contributed by atoms with E-state index in [-0.39, 0.29) is 5.57 Å². The zero-order valence-electron chi connectivity index (χ0n) is 14.3. The molecule has 3 aliphatic heterocycles. The van der Waals surface area contributed by atoms with E-state index in [1.165, 1.54) is 47.3 Å². The van der Waals surface area contributed by atoms with Crippen molar-refractivity contribution in [3.05, 3.63) is 9.81 Å². The van der Waals surface area contributed by atoms with Crippen LogP contribution in [0.15, 0.2) is 9.81 Å². The van der Waals surface area contributed by atoms with Gasteiger partial charge in [-0.3, -0.25) is 9.59 Å². The molecule has 2 amide bonds. The van der Waals surface area contributed by atoms with Crippen molar-refractivity contribution in [1.82, 2.24) is 10.2 Å². The molecule has 0 aromatic heterocycles. The summed E-state index contributed by atoms with van der Waals surface area (Å²) in [5.41, 5.74) is -0.0942. The standard InChI is InChI=1S/C15H18N2O6S3/c1-15(2)8(12(20)21)17-10(19)7(11(17)26-15)16-9(18)6(13(22)23-3)14-24-4-5-25-14/h7-8,11H,4-5H2,1-3H3,(H,16,18)(H,20,21)/t7-,8?,11?/m1/s1. The lowest BCUT2D eigenvalue weighted by atomic mass is 9.96. The highest BCUT2D eigenvalue weighted by Gasteiger charge is 2.64. The number of hydrogen-bond acceptors (Lipinski definition) is 8. The number of hydrogen-bond donors (Lipinski definition) is 2. The van der Waals surface area contributed by atoms with Crippen molar-refractivity contribution >= 4 is 59.0 Å². The van der Waals surface area contributed by atoms with Gasteiger partial charge in [0.15, 0.2) is 0 Å². The highest BCUT2D eigenvalue weighted by atomic mass is 32.2. The summed E-state index contributed by atoms with van der Waals surface area (Å²) in [6, 6.07) is -1.80. The first kappa shape index (κ1) is 19.4. The molecule has 3 fully saturated rings. The lowest BCUT2D eigenvalue weighted by Gasteiger charge is -2.43. The maximum atomic E-state index is 12.7. The normalized spacial score (nSPS) is 29.0. The molecule has 8 nitrogen and oxygen atoms in total. The molecule has 0 radical (unpaired) electrons. The van der Waals surface area contributed by atoms with E-state index >= 15 is 0 Å². The molecular formula is C15H18N2O6S3. The lowest BCUT2D eigenvalue weighted by Crippen LogP contribution is -2.70. The van der Waals surface area contributed by atoms with Crippen LogP contribution in [0.2, 0.25) is 0 Å². The zero-order chi connectivity index (χ0) is 19.2. The lowest BCUT2D eigenvalue weighted by molar-refractivity contribution is -0.161. The van der Waals surface area contributed by atoms with Crippen LogP contribution in [-0.2, 0) is 23.9 Å². The highest BCUT2D eigenvalue weighted by Crippen LogP contribution is 2.50. The van der Waals surface area contributed by atoms with Gasteiger partial charge in [-0.15, -0.1) is 35.3 Å². The molecule has 0 spiro atoms. The summed E-state index contributed by atoms with van der Waals surface area (Å²) in [5.74, 6) is -1.35. The van der Waals surface area contributed by atoms with Gasteiger partial charge in [0.1, 0.15) is 23.0 Å². The fourth-order valence-electron chi connectivity index (χ4n) is 3.18. The largest absolute Gasteiger partial charge is 0.480 e. The molecule has 0 aromatic rings. The highest BCUT2D eigenvalue weighted by molar-refractivity contribution is 8.25. The number of fused-ring (bicyclic) bond motifs is 1. The van der Waals surface area contributed by atoms with Crippen molar-refractivity contribution in [2.45, 2.75) is 36.1 Å². The number of methoxy groups -OCH3 is 1. The quantitative estimate of drug-likeness (QED) is 0.221. The van der Waals surface area contributed by atoms with Gasteiger partial charge < -0.3 is 20.1 Å². The monoisotopic (exact) mass is 418 g/mol. The van der Waals surface area contributed by atoms with Gasteiger partial charge in [0.25, 0.3) is 5.91 Å². The van der Waals surface area contributed by atoms with Gasteiger partial charge in [0.2, 0.25) is 5.91 Å². The minimum absolute atomic E-state index is 0.0942. The fourth-order valence-corrected chi connectivity index (χ4v) is 7.32. The van der Waals surface area contributed by atoms with E-state index in [2.05, 4.69) is 5.32 Å². The first-order chi connectivity index (χ1) is 12.2. The Morgan fingerprint density at radius 3 is 2.42 bits per heavy atom. The second-order valence-electron chi connectivity index (χ2n) is 6.40. The molecule has 0 bridgehead atoms. The van der Waals surface area contributed by atoms with Crippen LogP contribution in [0, 0.1) is 0 Å². The Bertz CT molecular complexity index is 714. The summed E-state index contributed by atoms with van der Waals surface area (Å²) in [6.45, 7) is 3.52. The maximum absolute atomic E-state index is 12.7. The van der Waals surface area contributed by atoms with E-state index in [0.717, 1.165) is 11.5 Å². The minimum Gasteiger partial charge on any atom is -0.480 e. The minimum atomic E-state index is -1.07. The number of aliphatic carboxylic acids is 1. The number of rotatable bonds is 4. The van der Waals surface area contributed by atoms with E-state index in [1.54, 1.807) is 13.8 Å². The van der Waals surface area contributed by atoms with Crippen LogP contribution in [0.3, 0.4) is 0 Å². The number of carboxylic acid groups (broad SMARTS) is 1. The Morgan fingerprint density at radius 1 is 1.27 bits per heavy atom. The fraction of sp³-hybridized carbons (Fsp3) is 0.600. The van der Waals surface area contributed by atoms with Gasteiger partial charge in [-0.25, -0.2) is 9.59 Å². The average molecular weight is 419 g/mol. The third-order valence-electron chi connectivity index (χ3n) is 4.33. The summed E-state index contributed by atoms with van der Waals surface area (Å²) in [4.78, 5) is 50.0. The third kappa shape index (κ3) is 3.09. The Balaban J connectivity index is 1.79. The van der Waals surface area contributed by atoms with Crippen LogP contribution < -0.4 is 5.32 Å². The molecule has 0 aromatic carbocycles. The number of carboxylic acids is 1. The van der Waals surface area contributed by atoms with Crippen molar-refractivity contribution < 1.29 is 29.0 Å². The van der Waals surface area contributed by atoms with E-state index in [4.69, 9.17) is 4.74 Å². The van der Waals surface area contributed by atoms with Gasteiger partial charge in [-0.2, -0.15) is 0 Å². The molecule has 0 saturated carbocycles. The van der Waals surface area contributed by atoms with Gasteiger partial charge in [0, 0.05) is 16.3 Å². The van der Waals surface area contributed by atoms with Crippen LogP contribution in [-0.4, -0.2) is 74.6 Å². The van der Waals surface area contributed by atoms with E-state index < -0.39 is 46.0 Å². The van der Waals surface area contributed by atoms with E-state index in [0.29, 0.717) is 4.24 Å². The number of esters is 1. The second kappa shape index (κ2) is 7.01. The number of β-lactam (4-membered cyclic amide) rings is 1. The van der Waals surface area contributed by atoms with Crippen LogP contribution in [0.5, 0.6) is 0 Å². The molecule has 3 atom stereocenters. The first-order valence-electron chi connectivity index (χ1n) is 7.81. The van der Waals surface area contributed by atoms with Crippen molar-refractivity contribution in [2.75, 3.05) is 18.6 Å². The van der Waals surface area contributed by atoms with E-state index in [9.17, 15) is 24.3 Å². The number of carbonyl (C=O) groups is 4. The summed E-state index contributed by atoms with van der Waals surface area (Å²) >= 11 is 4.14. The number of carbonyl (C=O) groups excluding carboxylic acids is 3. The van der Waals surface area contributed by atoms with Gasteiger partial charge in [-0.05, 0) is 13.8 Å². The van der Waals surface area contributed by atoms with Crippen molar-refractivity contribution in [3.8, 4) is 0 Å². The number of thioether (sulfide) groups is 3. The van der Waals surface area contributed by atoms with Gasteiger partial charge >= 0.3 is 11.9 Å².